The van der Waals surface area contributed by atoms with Gasteiger partial charge in [0, 0.05) is 13.0 Å². The lowest BCUT2D eigenvalue weighted by Crippen LogP contribution is -2.09. The number of hydrogen-bond donors (Lipinski definition) is 1. The predicted octanol–water partition coefficient (Wildman–Crippen LogP) is 2.43. The van der Waals surface area contributed by atoms with Crippen LogP contribution in [0.2, 0.25) is 0 Å². The highest BCUT2D eigenvalue weighted by Crippen LogP contribution is 2.29. The van der Waals surface area contributed by atoms with Gasteiger partial charge in [-0.25, -0.2) is 9.97 Å². The number of anilines is 1. The molecule has 1 aromatic heterocycles. The molecule has 1 N–H and O–H groups in total. The average molecular weight is 233 g/mol. The van der Waals surface area contributed by atoms with E-state index in [1.54, 1.807) is 0 Å². The molecular weight excluding hydrogens is 214 g/mol. The van der Waals surface area contributed by atoms with Crippen LogP contribution in [0.3, 0.4) is 0 Å². The first kappa shape index (κ1) is 13.3. The van der Waals surface area contributed by atoms with Gasteiger partial charge in [0.2, 0.25) is 5.88 Å². The number of hydrogen-bond acceptors (Lipinski definition) is 4. The van der Waals surface area contributed by atoms with Crippen molar-refractivity contribution >= 4 is 5.82 Å². The molecule has 0 aromatic carbocycles. The number of rotatable bonds is 6. The third kappa shape index (κ3) is 3.63. The molecule has 0 atom stereocenters. The minimum atomic E-state index is 0.297. The van der Waals surface area contributed by atoms with Crippen LogP contribution >= 0.6 is 0 Å². The van der Waals surface area contributed by atoms with Gasteiger partial charge >= 0.3 is 0 Å². The molecule has 0 fully saturated rings. The van der Waals surface area contributed by atoms with Gasteiger partial charge in [-0.3, -0.25) is 0 Å². The Bertz CT molecular complexity index is 396. The van der Waals surface area contributed by atoms with E-state index in [1.165, 1.54) is 6.33 Å². The summed E-state index contributed by atoms with van der Waals surface area (Å²) in [6, 6.07) is 0. The van der Waals surface area contributed by atoms with Crippen LogP contribution < -0.4 is 10.1 Å². The number of aromatic nitrogens is 2. The number of nitrogens with zero attached hydrogens (tertiary/aromatic N) is 2. The van der Waals surface area contributed by atoms with Gasteiger partial charge in [-0.15, -0.1) is 12.3 Å². The van der Waals surface area contributed by atoms with Crippen molar-refractivity contribution in [3.8, 4) is 18.2 Å². The summed E-state index contributed by atoms with van der Waals surface area (Å²) in [7, 11) is 0. The Hall–Kier alpha value is -1.76. The molecule has 0 spiro atoms. The molecule has 17 heavy (non-hydrogen) atoms. The minimum absolute atomic E-state index is 0.297. The molecule has 4 nitrogen and oxygen atoms in total. The lowest BCUT2D eigenvalue weighted by molar-refractivity contribution is 0.309. The third-order valence-electron chi connectivity index (χ3n) is 2.25. The Morgan fingerprint density at radius 3 is 2.82 bits per heavy atom. The highest BCUT2D eigenvalue weighted by Gasteiger charge is 2.15. The maximum Gasteiger partial charge on any atom is 0.222 e. The fraction of sp³-hybridized carbons (Fsp3) is 0.538. The first-order valence-electron chi connectivity index (χ1n) is 5.85. The SMILES string of the molecule is C#CCCOc1ncnc(NCC)c1C(C)C. The summed E-state index contributed by atoms with van der Waals surface area (Å²) in [5, 5.41) is 3.22. The van der Waals surface area contributed by atoms with Gasteiger partial charge in [-0.05, 0) is 12.8 Å². The smallest absolute Gasteiger partial charge is 0.222 e. The summed E-state index contributed by atoms with van der Waals surface area (Å²) in [5.74, 6) is 4.31. The van der Waals surface area contributed by atoms with Crippen molar-refractivity contribution in [2.24, 2.45) is 0 Å². The van der Waals surface area contributed by atoms with E-state index < -0.39 is 0 Å². The second-order valence-electron chi connectivity index (χ2n) is 3.93. The van der Waals surface area contributed by atoms with Crippen LogP contribution in [0.4, 0.5) is 5.82 Å². The van der Waals surface area contributed by atoms with Gasteiger partial charge in [-0.1, -0.05) is 13.8 Å². The summed E-state index contributed by atoms with van der Waals surface area (Å²) in [6.07, 6.45) is 7.28. The summed E-state index contributed by atoms with van der Waals surface area (Å²) >= 11 is 0. The van der Waals surface area contributed by atoms with Gasteiger partial charge in [0.05, 0.1) is 5.56 Å². The molecule has 0 aliphatic rings. The molecule has 0 aliphatic heterocycles. The first-order chi connectivity index (χ1) is 8.20. The van der Waals surface area contributed by atoms with Crippen molar-refractivity contribution in [3.63, 3.8) is 0 Å². The quantitative estimate of drug-likeness (QED) is 0.605. The van der Waals surface area contributed by atoms with E-state index in [0.29, 0.717) is 24.8 Å². The molecule has 1 rings (SSSR count). The van der Waals surface area contributed by atoms with Crippen molar-refractivity contribution in [1.29, 1.82) is 0 Å². The summed E-state index contributed by atoms with van der Waals surface area (Å²) in [4.78, 5) is 8.41. The molecule has 1 heterocycles. The van der Waals surface area contributed by atoms with E-state index in [1.807, 2.05) is 6.92 Å². The molecule has 0 amide bonds. The standard InChI is InChI=1S/C13H19N3O/c1-5-7-8-17-13-11(10(3)4)12(14-6-2)15-9-16-13/h1,9-10H,6-8H2,2-4H3,(H,14,15,16). The zero-order valence-corrected chi connectivity index (χ0v) is 10.7. The summed E-state index contributed by atoms with van der Waals surface area (Å²) in [5.41, 5.74) is 1.01. The number of nitrogens with one attached hydrogen (secondary N) is 1. The Morgan fingerprint density at radius 1 is 1.47 bits per heavy atom. The summed E-state index contributed by atoms with van der Waals surface area (Å²) in [6.45, 7) is 7.52. The lowest BCUT2D eigenvalue weighted by Gasteiger charge is -2.16. The van der Waals surface area contributed by atoms with E-state index in [9.17, 15) is 0 Å². The topological polar surface area (TPSA) is 47.0 Å². The van der Waals surface area contributed by atoms with Gasteiger partial charge < -0.3 is 10.1 Å². The van der Waals surface area contributed by atoms with Crippen LogP contribution in [0, 0.1) is 12.3 Å². The van der Waals surface area contributed by atoms with E-state index in [0.717, 1.165) is 17.9 Å². The zero-order chi connectivity index (χ0) is 12.7. The van der Waals surface area contributed by atoms with Crippen molar-refractivity contribution in [2.45, 2.75) is 33.1 Å². The molecule has 1 aromatic rings. The Balaban J connectivity index is 2.94. The third-order valence-corrected chi connectivity index (χ3v) is 2.25. The molecule has 0 saturated heterocycles. The zero-order valence-electron chi connectivity index (χ0n) is 10.7. The van der Waals surface area contributed by atoms with Crippen LogP contribution in [0.5, 0.6) is 5.88 Å². The van der Waals surface area contributed by atoms with E-state index in [4.69, 9.17) is 11.2 Å². The Morgan fingerprint density at radius 2 is 2.24 bits per heavy atom. The number of ether oxygens (including phenoxy) is 1. The largest absolute Gasteiger partial charge is 0.476 e. The van der Waals surface area contributed by atoms with Crippen LogP contribution in [-0.2, 0) is 0 Å². The molecule has 0 radical (unpaired) electrons. The van der Waals surface area contributed by atoms with Gasteiger partial charge in [0.25, 0.3) is 0 Å². The Kier molecular flexibility index (Phi) is 5.28. The van der Waals surface area contributed by atoms with Gasteiger partial charge in [-0.2, -0.15) is 0 Å². The second-order valence-corrected chi connectivity index (χ2v) is 3.93. The fourth-order valence-electron chi connectivity index (χ4n) is 1.53. The van der Waals surface area contributed by atoms with Crippen LogP contribution in [0.15, 0.2) is 6.33 Å². The van der Waals surface area contributed by atoms with Crippen molar-refractivity contribution in [2.75, 3.05) is 18.5 Å². The van der Waals surface area contributed by atoms with Crippen molar-refractivity contribution in [3.05, 3.63) is 11.9 Å². The number of terminal acetylenes is 1. The highest BCUT2D eigenvalue weighted by atomic mass is 16.5. The molecule has 0 unspecified atom stereocenters. The van der Waals surface area contributed by atoms with Crippen molar-refractivity contribution in [1.82, 2.24) is 9.97 Å². The predicted molar refractivity (Wildman–Crippen MR) is 69.2 cm³/mol. The second kappa shape index (κ2) is 6.74. The molecule has 92 valence electrons. The van der Waals surface area contributed by atoms with Gasteiger partial charge in [0.15, 0.2) is 0 Å². The lowest BCUT2D eigenvalue weighted by atomic mass is 10.1. The maximum absolute atomic E-state index is 5.59. The fourth-order valence-corrected chi connectivity index (χ4v) is 1.53. The Labute approximate surface area is 103 Å². The normalized spacial score (nSPS) is 10.1. The van der Waals surface area contributed by atoms with E-state index in [2.05, 4.69) is 35.1 Å². The molecule has 0 aliphatic carbocycles. The molecule has 4 heteroatoms. The minimum Gasteiger partial charge on any atom is -0.476 e. The van der Waals surface area contributed by atoms with Gasteiger partial charge in [0.1, 0.15) is 18.8 Å². The monoisotopic (exact) mass is 233 g/mol. The van der Waals surface area contributed by atoms with Crippen molar-refractivity contribution < 1.29 is 4.74 Å². The van der Waals surface area contributed by atoms with E-state index >= 15 is 0 Å². The summed E-state index contributed by atoms with van der Waals surface area (Å²) < 4.78 is 5.59. The molecule has 0 bridgehead atoms. The van der Waals surface area contributed by atoms with Crippen LogP contribution in [-0.4, -0.2) is 23.1 Å². The first-order valence-corrected chi connectivity index (χ1v) is 5.85. The highest BCUT2D eigenvalue weighted by molar-refractivity contribution is 5.50. The molecule has 0 saturated carbocycles. The molecular formula is C13H19N3O. The van der Waals surface area contributed by atoms with E-state index in [-0.39, 0.29) is 0 Å². The van der Waals surface area contributed by atoms with Crippen LogP contribution in [0.1, 0.15) is 38.7 Å². The average Bonchev–Trinajstić information content (AvgIpc) is 2.29. The van der Waals surface area contributed by atoms with Crippen LogP contribution in [0.25, 0.3) is 0 Å². The maximum atomic E-state index is 5.59.